The number of benzene rings is 1. The average Bonchev–Trinajstić information content (AvgIpc) is 2.65. The Morgan fingerprint density at radius 3 is 2.33 bits per heavy atom. The minimum absolute atomic E-state index is 0. The maximum atomic E-state index is 12.5. The molecular formula is C20H32ClN3O3. The van der Waals surface area contributed by atoms with Crippen LogP contribution in [0.15, 0.2) is 30.3 Å². The molecule has 7 heteroatoms. The summed E-state index contributed by atoms with van der Waals surface area (Å²) in [6, 6.07) is 8.57. The first-order valence-corrected chi connectivity index (χ1v) is 9.36. The third kappa shape index (κ3) is 9.54. The van der Waals surface area contributed by atoms with Crippen LogP contribution in [0.1, 0.15) is 51.5 Å². The molecule has 2 amide bonds. The van der Waals surface area contributed by atoms with Gasteiger partial charge < -0.3 is 16.4 Å². The fraction of sp³-hybridized carbons (Fsp3) is 0.550. The van der Waals surface area contributed by atoms with E-state index in [4.69, 9.17) is 5.73 Å². The first-order chi connectivity index (χ1) is 12.5. The summed E-state index contributed by atoms with van der Waals surface area (Å²) in [7, 11) is 0. The maximum Gasteiger partial charge on any atom is 0.289 e. The Kier molecular flexibility index (Phi) is 13.2. The van der Waals surface area contributed by atoms with E-state index in [0.29, 0.717) is 19.4 Å². The lowest BCUT2D eigenvalue weighted by Gasteiger charge is -2.19. The standard InChI is InChI=1S/C20H31N3O3.ClH/c1-3-9-15(2)19(25)23-17(12-7-8-13-21)18(24)20(26)22-14-16-10-5-4-6-11-16;/h4-6,10-11,15,17H,3,7-9,12-14,21H2,1-2H3,(H,22,26)(H,23,25);1H/t15-,17-;/m0./s1. The van der Waals surface area contributed by atoms with Crippen molar-refractivity contribution >= 4 is 30.0 Å². The summed E-state index contributed by atoms with van der Waals surface area (Å²) in [5.74, 6) is -1.64. The van der Waals surface area contributed by atoms with E-state index in [-0.39, 0.29) is 30.8 Å². The molecule has 0 unspecified atom stereocenters. The van der Waals surface area contributed by atoms with Gasteiger partial charge in [-0.3, -0.25) is 14.4 Å². The Morgan fingerprint density at radius 1 is 1.07 bits per heavy atom. The topological polar surface area (TPSA) is 101 Å². The van der Waals surface area contributed by atoms with Crippen molar-refractivity contribution < 1.29 is 14.4 Å². The van der Waals surface area contributed by atoms with Crippen molar-refractivity contribution in [3.05, 3.63) is 35.9 Å². The number of carbonyl (C=O) groups excluding carboxylic acids is 3. The SMILES string of the molecule is CCC[C@H](C)C(=O)N[C@@H](CCCCN)C(=O)C(=O)NCc1ccccc1.Cl. The predicted molar refractivity (Wildman–Crippen MR) is 109 cm³/mol. The molecule has 0 saturated carbocycles. The van der Waals surface area contributed by atoms with E-state index in [9.17, 15) is 14.4 Å². The Bertz CT molecular complexity index is 581. The van der Waals surface area contributed by atoms with Gasteiger partial charge in [0.2, 0.25) is 11.7 Å². The van der Waals surface area contributed by atoms with E-state index in [1.807, 2.05) is 44.2 Å². The zero-order chi connectivity index (χ0) is 19.4. The third-order valence-corrected chi connectivity index (χ3v) is 4.27. The lowest BCUT2D eigenvalue weighted by Crippen LogP contribution is -2.48. The zero-order valence-corrected chi connectivity index (χ0v) is 17.0. The summed E-state index contributed by atoms with van der Waals surface area (Å²) in [5.41, 5.74) is 6.41. The molecular weight excluding hydrogens is 366 g/mol. The summed E-state index contributed by atoms with van der Waals surface area (Å²) >= 11 is 0. The summed E-state index contributed by atoms with van der Waals surface area (Å²) in [6.45, 7) is 4.63. The highest BCUT2D eigenvalue weighted by molar-refractivity contribution is 6.38. The molecule has 0 saturated heterocycles. The van der Waals surface area contributed by atoms with Crippen LogP contribution in [-0.4, -0.2) is 30.2 Å². The number of rotatable bonds is 12. The van der Waals surface area contributed by atoms with Crippen molar-refractivity contribution in [3.8, 4) is 0 Å². The van der Waals surface area contributed by atoms with Crippen LogP contribution in [0.2, 0.25) is 0 Å². The zero-order valence-electron chi connectivity index (χ0n) is 16.2. The summed E-state index contributed by atoms with van der Waals surface area (Å²) in [6.07, 6.45) is 3.48. The Labute approximate surface area is 168 Å². The molecule has 0 aliphatic heterocycles. The molecule has 0 aromatic heterocycles. The molecule has 2 atom stereocenters. The van der Waals surface area contributed by atoms with Crippen LogP contribution in [0.4, 0.5) is 0 Å². The van der Waals surface area contributed by atoms with Crippen LogP contribution in [0.3, 0.4) is 0 Å². The minimum Gasteiger partial charge on any atom is -0.345 e. The van der Waals surface area contributed by atoms with E-state index >= 15 is 0 Å². The molecule has 4 N–H and O–H groups in total. The molecule has 6 nitrogen and oxygen atoms in total. The van der Waals surface area contributed by atoms with E-state index in [1.54, 1.807) is 0 Å². The quantitative estimate of drug-likeness (QED) is 0.372. The van der Waals surface area contributed by atoms with Gasteiger partial charge in [0.05, 0.1) is 6.04 Å². The normalized spacial score (nSPS) is 12.4. The smallest absolute Gasteiger partial charge is 0.289 e. The van der Waals surface area contributed by atoms with Crippen LogP contribution >= 0.6 is 12.4 Å². The Balaban J connectivity index is 0.00000676. The first-order valence-electron chi connectivity index (χ1n) is 9.36. The van der Waals surface area contributed by atoms with Crippen molar-refractivity contribution in [2.45, 2.75) is 58.5 Å². The second-order valence-electron chi connectivity index (χ2n) is 6.57. The van der Waals surface area contributed by atoms with Crippen molar-refractivity contribution in [1.29, 1.82) is 0 Å². The van der Waals surface area contributed by atoms with Gasteiger partial charge in [0, 0.05) is 12.5 Å². The molecule has 0 spiro atoms. The monoisotopic (exact) mass is 397 g/mol. The van der Waals surface area contributed by atoms with Gasteiger partial charge in [0.1, 0.15) is 0 Å². The minimum atomic E-state index is -0.802. The van der Waals surface area contributed by atoms with Gasteiger partial charge in [-0.15, -0.1) is 12.4 Å². The van der Waals surface area contributed by atoms with Gasteiger partial charge in [-0.2, -0.15) is 0 Å². The molecule has 0 aliphatic carbocycles. The molecule has 0 bridgehead atoms. The maximum absolute atomic E-state index is 12.5. The lowest BCUT2D eigenvalue weighted by molar-refractivity contribution is -0.140. The first kappa shape index (κ1) is 25.1. The van der Waals surface area contributed by atoms with E-state index in [2.05, 4.69) is 10.6 Å². The number of hydrogen-bond acceptors (Lipinski definition) is 4. The summed E-state index contributed by atoms with van der Waals surface area (Å²) < 4.78 is 0. The van der Waals surface area contributed by atoms with Gasteiger partial charge in [-0.05, 0) is 37.8 Å². The highest BCUT2D eigenvalue weighted by Gasteiger charge is 2.27. The number of hydrogen-bond donors (Lipinski definition) is 3. The van der Waals surface area contributed by atoms with Gasteiger partial charge in [0.15, 0.2) is 0 Å². The van der Waals surface area contributed by atoms with Gasteiger partial charge in [0.25, 0.3) is 5.91 Å². The highest BCUT2D eigenvalue weighted by atomic mass is 35.5. The number of Topliss-reactive ketones (excluding diaryl/α,β-unsaturated/α-hetero) is 1. The molecule has 0 radical (unpaired) electrons. The van der Waals surface area contributed by atoms with Crippen LogP contribution in [-0.2, 0) is 20.9 Å². The van der Waals surface area contributed by atoms with Gasteiger partial charge >= 0.3 is 0 Å². The Morgan fingerprint density at radius 2 is 1.74 bits per heavy atom. The molecule has 0 fully saturated rings. The van der Waals surface area contributed by atoms with E-state index < -0.39 is 17.7 Å². The number of carbonyl (C=O) groups is 3. The number of unbranched alkanes of at least 4 members (excludes halogenated alkanes) is 1. The second-order valence-corrected chi connectivity index (χ2v) is 6.57. The molecule has 152 valence electrons. The van der Waals surface area contributed by atoms with E-state index in [0.717, 1.165) is 24.8 Å². The summed E-state index contributed by atoms with van der Waals surface area (Å²) in [4.78, 5) is 37.0. The molecule has 0 heterocycles. The number of nitrogens with one attached hydrogen (secondary N) is 2. The number of ketones is 1. The van der Waals surface area contributed by atoms with Crippen LogP contribution in [0, 0.1) is 5.92 Å². The van der Waals surface area contributed by atoms with Crippen molar-refractivity contribution in [2.24, 2.45) is 11.7 Å². The predicted octanol–water partition coefficient (Wildman–Crippen LogP) is 2.34. The van der Waals surface area contributed by atoms with Crippen LogP contribution in [0.25, 0.3) is 0 Å². The van der Waals surface area contributed by atoms with Gasteiger partial charge in [-0.1, -0.05) is 50.6 Å². The summed E-state index contributed by atoms with van der Waals surface area (Å²) in [5, 5.41) is 5.38. The molecule has 1 rings (SSSR count). The molecule has 27 heavy (non-hydrogen) atoms. The molecule has 0 aliphatic rings. The van der Waals surface area contributed by atoms with Crippen LogP contribution < -0.4 is 16.4 Å². The third-order valence-electron chi connectivity index (χ3n) is 4.27. The fourth-order valence-corrected chi connectivity index (χ4v) is 2.66. The van der Waals surface area contributed by atoms with Crippen molar-refractivity contribution in [2.75, 3.05) is 6.54 Å². The number of halogens is 1. The average molecular weight is 398 g/mol. The number of amides is 2. The molecule has 1 aromatic rings. The lowest BCUT2D eigenvalue weighted by atomic mass is 10.0. The Hall–Kier alpha value is -1.92. The van der Waals surface area contributed by atoms with Crippen molar-refractivity contribution in [1.82, 2.24) is 10.6 Å². The van der Waals surface area contributed by atoms with Crippen LogP contribution in [0.5, 0.6) is 0 Å². The largest absolute Gasteiger partial charge is 0.345 e. The fourth-order valence-electron chi connectivity index (χ4n) is 2.66. The molecule has 1 aromatic carbocycles. The van der Waals surface area contributed by atoms with E-state index in [1.165, 1.54) is 0 Å². The highest BCUT2D eigenvalue weighted by Crippen LogP contribution is 2.08. The number of nitrogens with two attached hydrogens (primary N) is 1. The van der Waals surface area contributed by atoms with Gasteiger partial charge in [-0.25, -0.2) is 0 Å². The van der Waals surface area contributed by atoms with Crippen molar-refractivity contribution in [3.63, 3.8) is 0 Å². The second kappa shape index (κ2) is 14.2.